The second-order valence-corrected chi connectivity index (χ2v) is 3.00. The number of hydrogen-bond donors (Lipinski definition) is 2. The van der Waals surface area contributed by atoms with Crippen LogP contribution >= 0.6 is 0 Å². The van der Waals surface area contributed by atoms with Gasteiger partial charge in [0.05, 0.1) is 18.3 Å². The molecule has 0 aliphatic heterocycles. The first-order chi connectivity index (χ1) is 6.00. The SMILES string of the molecule is Cc1nn(CC(C)O)cc1C(=O)O. The molecule has 5 heteroatoms. The van der Waals surface area contributed by atoms with E-state index in [9.17, 15) is 4.79 Å². The van der Waals surface area contributed by atoms with Gasteiger partial charge in [0.2, 0.25) is 0 Å². The number of rotatable bonds is 3. The molecule has 5 nitrogen and oxygen atoms in total. The highest BCUT2D eigenvalue weighted by atomic mass is 16.4. The van der Waals surface area contributed by atoms with Gasteiger partial charge in [-0.05, 0) is 13.8 Å². The van der Waals surface area contributed by atoms with Crippen LogP contribution in [-0.4, -0.2) is 32.1 Å². The predicted octanol–water partition coefficient (Wildman–Crippen LogP) is 0.271. The molecule has 0 aromatic carbocycles. The Morgan fingerprint density at radius 2 is 2.38 bits per heavy atom. The number of aliphatic hydroxyl groups excluding tert-OH is 1. The first kappa shape index (κ1) is 9.73. The van der Waals surface area contributed by atoms with Crippen LogP contribution in [0.5, 0.6) is 0 Å². The van der Waals surface area contributed by atoms with E-state index in [-0.39, 0.29) is 5.56 Å². The summed E-state index contributed by atoms with van der Waals surface area (Å²) in [5.74, 6) is -0.991. The number of aryl methyl sites for hydroxylation is 1. The maximum absolute atomic E-state index is 10.6. The Balaban J connectivity index is 2.89. The summed E-state index contributed by atoms with van der Waals surface area (Å²) in [6, 6.07) is 0. The molecule has 0 fully saturated rings. The molecule has 1 aromatic rings. The molecule has 72 valence electrons. The third-order valence-corrected chi connectivity index (χ3v) is 1.63. The molecule has 0 saturated carbocycles. The third kappa shape index (κ3) is 2.29. The molecule has 1 unspecified atom stereocenters. The van der Waals surface area contributed by atoms with Gasteiger partial charge in [-0.15, -0.1) is 0 Å². The van der Waals surface area contributed by atoms with Gasteiger partial charge in [-0.25, -0.2) is 4.79 Å². The van der Waals surface area contributed by atoms with Gasteiger partial charge in [0.1, 0.15) is 5.56 Å². The normalized spacial score (nSPS) is 12.8. The van der Waals surface area contributed by atoms with Crippen LogP contribution in [-0.2, 0) is 6.54 Å². The summed E-state index contributed by atoms with van der Waals surface area (Å²) < 4.78 is 1.43. The van der Waals surface area contributed by atoms with Gasteiger partial charge >= 0.3 is 5.97 Å². The van der Waals surface area contributed by atoms with Crippen molar-refractivity contribution in [3.05, 3.63) is 17.5 Å². The van der Waals surface area contributed by atoms with Crippen LogP contribution in [0.15, 0.2) is 6.20 Å². The summed E-state index contributed by atoms with van der Waals surface area (Å²) in [5, 5.41) is 21.7. The Hall–Kier alpha value is -1.36. The first-order valence-electron chi connectivity index (χ1n) is 3.96. The maximum Gasteiger partial charge on any atom is 0.339 e. The zero-order valence-electron chi connectivity index (χ0n) is 7.56. The zero-order valence-corrected chi connectivity index (χ0v) is 7.56. The molecule has 2 N–H and O–H groups in total. The van der Waals surface area contributed by atoms with Crippen molar-refractivity contribution < 1.29 is 15.0 Å². The second kappa shape index (κ2) is 3.57. The molecule has 0 radical (unpaired) electrons. The van der Waals surface area contributed by atoms with Crippen molar-refractivity contribution in [3.8, 4) is 0 Å². The Kier molecular flexibility index (Phi) is 2.67. The zero-order chi connectivity index (χ0) is 10.0. The van der Waals surface area contributed by atoms with Crippen molar-refractivity contribution in [2.75, 3.05) is 0 Å². The Morgan fingerprint density at radius 3 is 2.77 bits per heavy atom. The van der Waals surface area contributed by atoms with Gasteiger partial charge < -0.3 is 10.2 Å². The average molecular weight is 184 g/mol. The standard InChI is InChI=1S/C8H12N2O3/c1-5(11)3-10-4-7(8(12)13)6(2)9-10/h4-5,11H,3H2,1-2H3,(H,12,13). The molecule has 0 spiro atoms. The minimum Gasteiger partial charge on any atom is -0.478 e. The summed E-state index contributed by atoms with van der Waals surface area (Å²) in [4.78, 5) is 10.6. The van der Waals surface area contributed by atoms with E-state index in [1.807, 2.05) is 0 Å². The number of carboxylic acid groups (broad SMARTS) is 1. The smallest absolute Gasteiger partial charge is 0.339 e. The lowest BCUT2D eigenvalue weighted by Crippen LogP contribution is -2.12. The summed E-state index contributed by atoms with van der Waals surface area (Å²) in [7, 11) is 0. The molecule has 0 aliphatic rings. The van der Waals surface area contributed by atoms with Gasteiger partial charge in [-0.1, -0.05) is 0 Å². The van der Waals surface area contributed by atoms with Crippen molar-refractivity contribution >= 4 is 5.97 Å². The van der Waals surface area contributed by atoms with Crippen LogP contribution in [0.1, 0.15) is 23.0 Å². The quantitative estimate of drug-likeness (QED) is 0.707. The highest BCUT2D eigenvalue weighted by Crippen LogP contribution is 2.05. The molecular weight excluding hydrogens is 172 g/mol. The third-order valence-electron chi connectivity index (χ3n) is 1.63. The van der Waals surface area contributed by atoms with Gasteiger partial charge in [-0.3, -0.25) is 4.68 Å². The lowest BCUT2D eigenvalue weighted by atomic mass is 10.3. The van der Waals surface area contributed by atoms with E-state index in [0.29, 0.717) is 12.2 Å². The van der Waals surface area contributed by atoms with E-state index in [1.165, 1.54) is 10.9 Å². The average Bonchev–Trinajstić information content (AvgIpc) is 2.29. The molecule has 1 heterocycles. The molecule has 1 aromatic heterocycles. The molecule has 0 saturated heterocycles. The van der Waals surface area contributed by atoms with E-state index >= 15 is 0 Å². The summed E-state index contributed by atoms with van der Waals surface area (Å²) in [6.07, 6.45) is 0.894. The fraction of sp³-hybridized carbons (Fsp3) is 0.500. The van der Waals surface area contributed by atoms with E-state index < -0.39 is 12.1 Å². The van der Waals surface area contributed by atoms with Gasteiger partial charge in [0, 0.05) is 6.20 Å². The summed E-state index contributed by atoms with van der Waals surface area (Å²) in [6.45, 7) is 3.56. The molecule has 0 bridgehead atoms. The minimum atomic E-state index is -0.991. The number of aliphatic hydroxyl groups is 1. The van der Waals surface area contributed by atoms with Crippen LogP contribution in [0, 0.1) is 6.92 Å². The van der Waals surface area contributed by atoms with Gasteiger partial charge in [0.15, 0.2) is 0 Å². The minimum absolute atomic E-state index is 0.181. The van der Waals surface area contributed by atoms with E-state index in [4.69, 9.17) is 10.2 Å². The monoisotopic (exact) mass is 184 g/mol. The van der Waals surface area contributed by atoms with Gasteiger partial charge in [-0.2, -0.15) is 5.10 Å². The lowest BCUT2D eigenvalue weighted by Gasteiger charge is -2.02. The van der Waals surface area contributed by atoms with Crippen molar-refractivity contribution in [2.45, 2.75) is 26.5 Å². The van der Waals surface area contributed by atoms with Crippen molar-refractivity contribution in [1.29, 1.82) is 0 Å². The molecule has 13 heavy (non-hydrogen) atoms. The molecule has 0 amide bonds. The summed E-state index contributed by atoms with van der Waals surface area (Å²) >= 11 is 0. The Bertz CT molecular complexity index is 317. The van der Waals surface area contributed by atoms with E-state index in [1.54, 1.807) is 13.8 Å². The highest BCUT2D eigenvalue weighted by molar-refractivity contribution is 5.88. The predicted molar refractivity (Wildman–Crippen MR) is 45.6 cm³/mol. The highest BCUT2D eigenvalue weighted by Gasteiger charge is 2.11. The first-order valence-corrected chi connectivity index (χ1v) is 3.96. The fourth-order valence-corrected chi connectivity index (χ4v) is 1.09. The van der Waals surface area contributed by atoms with Crippen molar-refractivity contribution in [1.82, 2.24) is 9.78 Å². The second-order valence-electron chi connectivity index (χ2n) is 3.00. The molecule has 0 aliphatic carbocycles. The number of aromatic nitrogens is 2. The number of aromatic carboxylic acids is 1. The lowest BCUT2D eigenvalue weighted by molar-refractivity contribution is 0.0695. The Labute approximate surface area is 75.6 Å². The van der Waals surface area contributed by atoms with Crippen molar-refractivity contribution in [2.24, 2.45) is 0 Å². The van der Waals surface area contributed by atoms with Crippen LogP contribution in [0.3, 0.4) is 0 Å². The summed E-state index contributed by atoms with van der Waals surface area (Å²) in [5.41, 5.74) is 0.647. The molecular formula is C8H12N2O3. The molecule has 1 atom stereocenters. The topological polar surface area (TPSA) is 75.3 Å². The van der Waals surface area contributed by atoms with E-state index in [0.717, 1.165) is 0 Å². The number of carbonyl (C=O) groups is 1. The van der Waals surface area contributed by atoms with Crippen LogP contribution in [0.4, 0.5) is 0 Å². The Morgan fingerprint density at radius 1 is 1.77 bits per heavy atom. The molecule has 1 rings (SSSR count). The van der Waals surface area contributed by atoms with Crippen LogP contribution in [0.2, 0.25) is 0 Å². The largest absolute Gasteiger partial charge is 0.478 e. The van der Waals surface area contributed by atoms with Crippen molar-refractivity contribution in [3.63, 3.8) is 0 Å². The van der Waals surface area contributed by atoms with Crippen LogP contribution < -0.4 is 0 Å². The number of hydrogen-bond acceptors (Lipinski definition) is 3. The number of carboxylic acids is 1. The fourth-order valence-electron chi connectivity index (χ4n) is 1.09. The number of nitrogens with zero attached hydrogens (tertiary/aromatic N) is 2. The van der Waals surface area contributed by atoms with Crippen LogP contribution in [0.25, 0.3) is 0 Å². The maximum atomic E-state index is 10.6. The van der Waals surface area contributed by atoms with E-state index in [2.05, 4.69) is 5.10 Å². The van der Waals surface area contributed by atoms with Gasteiger partial charge in [0.25, 0.3) is 0 Å².